The van der Waals surface area contributed by atoms with Crippen LogP contribution in [0.5, 0.6) is 5.75 Å². The predicted molar refractivity (Wildman–Crippen MR) is 103 cm³/mol. The molecule has 1 aromatic heterocycles. The standard InChI is InChI=1S/C21H25N3O3/c1-15(2)18-13-16(6-7-19(18)27-3)20(25)23-9-11-24(12-10-23)21(26)17-5-4-8-22-14-17/h4-8,13-15H,9-12H2,1-3H3. The van der Waals surface area contributed by atoms with Gasteiger partial charge in [0.25, 0.3) is 11.8 Å². The second kappa shape index (κ2) is 8.20. The second-order valence-corrected chi connectivity index (χ2v) is 6.94. The summed E-state index contributed by atoms with van der Waals surface area (Å²) >= 11 is 0. The summed E-state index contributed by atoms with van der Waals surface area (Å²) < 4.78 is 5.40. The van der Waals surface area contributed by atoms with Crippen LogP contribution in [-0.2, 0) is 0 Å². The smallest absolute Gasteiger partial charge is 0.255 e. The van der Waals surface area contributed by atoms with Crippen LogP contribution in [0.2, 0.25) is 0 Å². The average molecular weight is 367 g/mol. The van der Waals surface area contributed by atoms with Gasteiger partial charge >= 0.3 is 0 Å². The molecule has 0 atom stereocenters. The highest BCUT2D eigenvalue weighted by Gasteiger charge is 2.26. The Morgan fingerprint density at radius 1 is 1.00 bits per heavy atom. The molecule has 27 heavy (non-hydrogen) atoms. The summed E-state index contributed by atoms with van der Waals surface area (Å²) in [4.78, 5) is 33.0. The molecule has 1 aliphatic rings. The topological polar surface area (TPSA) is 62.7 Å². The molecule has 1 fully saturated rings. The maximum absolute atomic E-state index is 12.9. The van der Waals surface area contributed by atoms with Crippen molar-refractivity contribution in [2.45, 2.75) is 19.8 Å². The SMILES string of the molecule is COc1ccc(C(=O)N2CCN(C(=O)c3cccnc3)CC2)cc1C(C)C. The Morgan fingerprint density at radius 2 is 1.63 bits per heavy atom. The zero-order valence-corrected chi connectivity index (χ0v) is 16.0. The Labute approximate surface area is 159 Å². The maximum Gasteiger partial charge on any atom is 0.255 e. The predicted octanol–water partition coefficient (Wildman–Crippen LogP) is 2.81. The highest BCUT2D eigenvalue weighted by molar-refractivity contribution is 5.96. The lowest BCUT2D eigenvalue weighted by atomic mass is 9.99. The summed E-state index contributed by atoms with van der Waals surface area (Å²) in [5, 5.41) is 0. The molecule has 1 aromatic carbocycles. The number of methoxy groups -OCH3 is 1. The molecule has 0 radical (unpaired) electrons. The number of carbonyl (C=O) groups is 2. The Bertz CT molecular complexity index is 813. The number of hydrogen-bond donors (Lipinski definition) is 0. The molecule has 0 bridgehead atoms. The third-order valence-corrected chi connectivity index (χ3v) is 4.86. The van der Waals surface area contributed by atoms with Gasteiger partial charge in [-0.15, -0.1) is 0 Å². The Morgan fingerprint density at radius 3 is 2.15 bits per heavy atom. The summed E-state index contributed by atoms with van der Waals surface area (Å²) in [7, 11) is 1.64. The van der Waals surface area contributed by atoms with Gasteiger partial charge in [0.2, 0.25) is 0 Å². The van der Waals surface area contributed by atoms with E-state index in [1.54, 1.807) is 47.5 Å². The normalized spacial score (nSPS) is 14.4. The molecule has 2 aromatic rings. The Kier molecular flexibility index (Phi) is 5.74. The molecular formula is C21H25N3O3. The highest BCUT2D eigenvalue weighted by Crippen LogP contribution is 2.28. The molecule has 142 valence electrons. The molecular weight excluding hydrogens is 342 g/mol. The molecule has 2 amide bonds. The summed E-state index contributed by atoms with van der Waals surface area (Å²) in [5.74, 6) is 1.02. The van der Waals surface area contributed by atoms with Crippen molar-refractivity contribution in [2.75, 3.05) is 33.3 Å². The number of pyridine rings is 1. The molecule has 2 heterocycles. The fourth-order valence-electron chi connectivity index (χ4n) is 3.29. The van der Waals surface area contributed by atoms with E-state index in [4.69, 9.17) is 4.74 Å². The molecule has 1 saturated heterocycles. The van der Waals surface area contributed by atoms with E-state index in [1.165, 1.54) is 0 Å². The molecule has 0 saturated carbocycles. The number of carbonyl (C=O) groups excluding carboxylic acids is 2. The fourth-order valence-corrected chi connectivity index (χ4v) is 3.29. The lowest BCUT2D eigenvalue weighted by Gasteiger charge is -2.35. The number of aromatic nitrogens is 1. The minimum atomic E-state index is -0.0401. The van der Waals surface area contributed by atoms with E-state index in [2.05, 4.69) is 18.8 Å². The molecule has 0 spiro atoms. The van der Waals surface area contributed by atoms with Crippen molar-refractivity contribution < 1.29 is 14.3 Å². The van der Waals surface area contributed by atoms with Crippen molar-refractivity contribution in [3.63, 3.8) is 0 Å². The van der Waals surface area contributed by atoms with Crippen molar-refractivity contribution in [3.05, 3.63) is 59.4 Å². The van der Waals surface area contributed by atoms with Gasteiger partial charge in [0.05, 0.1) is 12.7 Å². The lowest BCUT2D eigenvalue weighted by Crippen LogP contribution is -2.50. The zero-order valence-electron chi connectivity index (χ0n) is 16.0. The van der Waals surface area contributed by atoms with Crippen molar-refractivity contribution in [1.82, 2.24) is 14.8 Å². The van der Waals surface area contributed by atoms with E-state index in [1.807, 2.05) is 12.1 Å². The van der Waals surface area contributed by atoms with Gasteiger partial charge in [-0.3, -0.25) is 14.6 Å². The number of amides is 2. The van der Waals surface area contributed by atoms with Crippen molar-refractivity contribution in [2.24, 2.45) is 0 Å². The van der Waals surface area contributed by atoms with Crippen LogP contribution in [0.15, 0.2) is 42.7 Å². The van der Waals surface area contributed by atoms with E-state index < -0.39 is 0 Å². The van der Waals surface area contributed by atoms with Crippen LogP contribution in [0.25, 0.3) is 0 Å². The first-order valence-corrected chi connectivity index (χ1v) is 9.17. The largest absolute Gasteiger partial charge is 0.496 e. The quantitative estimate of drug-likeness (QED) is 0.834. The fraction of sp³-hybridized carbons (Fsp3) is 0.381. The lowest BCUT2D eigenvalue weighted by molar-refractivity contribution is 0.0535. The number of hydrogen-bond acceptors (Lipinski definition) is 4. The van der Waals surface area contributed by atoms with Gasteiger partial charge in [0.1, 0.15) is 5.75 Å². The number of ether oxygens (including phenoxy) is 1. The van der Waals surface area contributed by atoms with E-state index in [0.29, 0.717) is 37.3 Å². The Hall–Kier alpha value is -2.89. The average Bonchev–Trinajstić information content (AvgIpc) is 2.73. The van der Waals surface area contributed by atoms with Crippen LogP contribution in [0.1, 0.15) is 46.0 Å². The van der Waals surface area contributed by atoms with E-state index in [0.717, 1.165) is 11.3 Å². The van der Waals surface area contributed by atoms with Gasteiger partial charge < -0.3 is 14.5 Å². The summed E-state index contributed by atoms with van der Waals surface area (Å²) in [5.41, 5.74) is 2.26. The van der Waals surface area contributed by atoms with Crippen molar-refractivity contribution in [3.8, 4) is 5.75 Å². The van der Waals surface area contributed by atoms with Crippen LogP contribution < -0.4 is 4.74 Å². The molecule has 3 rings (SSSR count). The van der Waals surface area contributed by atoms with Crippen LogP contribution in [0, 0.1) is 0 Å². The monoisotopic (exact) mass is 367 g/mol. The number of nitrogens with zero attached hydrogens (tertiary/aromatic N) is 3. The van der Waals surface area contributed by atoms with Crippen molar-refractivity contribution >= 4 is 11.8 Å². The zero-order chi connectivity index (χ0) is 19.4. The van der Waals surface area contributed by atoms with Crippen LogP contribution in [0.4, 0.5) is 0 Å². The summed E-state index contributed by atoms with van der Waals surface area (Å²) in [6.45, 7) is 6.24. The van der Waals surface area contributed by atoms with Crippen molar-refractivity contribution in [1.29, 1.82) is 0 Å². The number of piperazine rings is 1. The van der Waals surface area contributed by atoms with E-state index >= 15 is 0 Å². The number of rotatable bonds is 4. The molecule has 6 heteroatoms. The van der Waals surface area contributed by atoms with E-state index in [9.17, 15) is 9.59 Å². The van der Waals surface area contributed by atoms with Crippen LogP contribution >= 0.6 is 0 Å². The van der Waals surface area contributed by atoms with Crippen LogP contribution in [-0.4, -0.2) is 59.9 Å². The summed E-state index contributed by atoms with van der Waals surface area (Å²) in [6.07, 6.45) is 3.22. The van der Waals surface area contributed by atoms with Crippen LogP contribution in [0.3, 0.4) is 0 Å². The van der Waals surface area contributed by atoms with Gasteiger partial charge in [-0.25, -0.2) is 0 Å². The maximum atomic E-state index is 12.9. The first-order chi connectivity index (χ1) is 13.0. The van der Waals surface area contributed by atoms with Gasteiger partial charge in [0, 0.05) is 44.1 Å². The third-order valence-electron chi connectivity index (χ3n) is 4.86. The first kappa shape index (κ1) is 18.9. The minimum Gasteiger partial charge on any atom is -0.496 e. The van der Waals surface area contributed by atoms with E-state index in [-0.39, 0.29) is 17.7 Å². The Balaban J connectivity index is 1.67. The molecule has 0 unspecified atom stereocenters. The van der Waals surface area contributed by atoms with Gasteiger partial charge in [-0.1, -0.05) is 13.8 Å². The van der Waals surface area contributed by atoms with Gasteiger partial charge in [-0.05, 0) is 41.8 Å². The molecule has 0 aliphatic carbocycles. The third kappa shape index (κ3) is 4.10. The second-order valence-electron chi connectivity index (χ2n) is 6.94. The molecule has 6 nitrogen and oxygen atoms in total. The summed E-state index contributed by atoms with van der Waals surface area (Å²) in [6, 6.07) is 9.09. The van der Waals surface area contributed by atoms with Gasteiger partial charge in [0.15, 0.2) is 0 Å². The molecule has 1 aliphatic heterocycles. The first-order valence-electron chi connectivity index (χ1n) is 9.17. The van der Waals surface area contributed by atoms with Gasteiger partial charge in [-0.2, -0.15) is 0 Å². The molecule has 0 N–H and O–H groups in total. The number of benzene rings is 1. The minimum absolute atomic E-state index is 0.00645. The highest BCUT2D eigenvalue weighted by atomic mass is 16.5.